The summed E-state index contributed by atoms with van der Waals surface area (Å²) in [5, 5.41) is 0. The zero-order chi connectivity index (χ0) is 22.9. The third-order valence-electron chi connectivity index (χ3n) is 5.34. The van der Waals surface area contributed by atoms with Crippen LogP contribution in [0.25, 0.3) is 23.2 Å². The quantitative estimate of drug-likeness (QED) is 0.319. The topological polar surface area (TPSA) is 52.0 Å². The number of thioether (sulfide) groups is 1. The molecule has 0 spiro atoms. The van der Waals surface area contributed by atoms with Gasteiger partial charge in [0, 0.05) is 4.90 Å². The highest BCUT2D eigenvalue weighted by molar-refractivity contribution is 7.98. The molecule has 3 aromatic carbocycles. The van der Waals surface area contributed by atoms with Crippen LogP contribution < -0.4 is 0 Å². The maximum atomic E-state index is 13.7. The van der Waals surface area contributed by atoms with Gasteiger partial charge in [0.15, 0.2) is 0 Å². The second-order valence-electron chi connectivity index (χ2n) is 8.61. The van der Waals surface area contributed by atoms with E-state index in [0.717, 1.165) is 11.1 Å². The second kappa shape index (κ2) is 8.60. The summed E-state index contributed by atoms with van der Waals surface area (Å²) in [5.74, 6) is 0.375. The van der Waals surface area contributed by atoms with Crippen molar-refractivity contribution >= 4 is 45.0 Å². The Morgan fingerprint density at radius 3 is 2.16 bits per heavy atom. The molecule has 0 unspecified atom stereocenters. The van der Waals surface area contributed by atoms with Gasteiger partial charge >= 0.3 is 0 Å². The minimum atomic E-state index is -3.83. The molecule has 1 heterocycles. The van der Waals surface area contributed by atoms with Crippen molar-refractivity contribution in [1.82, 2.24) is 8.96 Å². The summed E-state index contributed by atoms with van der Waals surface area (Å²) < 4.78 is 28.7. The molecule has 4 aromatic rings. The maximum Gasteiger partial charge on any atom is 0.269 e. The van der Waals surface area contributed by atoms with Gasteiger partial charge in [0.05, 0.1) is 15.9 Å². The Balaban J connectivity index is 1.81. The van der Waals surface area contributed by atoms with Gasteiger partial charge in [0.25, 0.3) is 10.0 Å². The molecule has 32 heavy (non-hydrogen) atoms. The van der Waals surface area contributed by atoms with Gasteiger partial charge in [-0.3, -0.25) is 0 Å². The Hall–Kier alpha value is -2.83. The lowest BCUT2D eigenvalue weighted by molar-refractivity contribution is 0.583. The average Bonchev–Trinajstić information content (AvgIpc) is 3.17. The van der Waals surface area contributed by atoms with Crippen molar-refractivity contribution in [2.75, 3.05) is 6.26 Å². The number of benzene rings is 3. The van der Waals surface area contributed by atoms with Gasteiger partial charge in [-0.2, -0.15) is 0 Å². The van der Waals surface area contributed by atoms with Crippen molar-refractivity contribution in [3.05, 3.63) is 89.7 Å². The van der Waals surface area contributed by atoms with E-state index < -0.39 is 10.0 Å². The average molecular weight is 463 g/mol. The second-order valence-corrected chi connectivity index (χ2v) is 11.3. The van der Waals surface area contributed by atoms with Gasteiger partial charge in [-0.25, -0.2) is 17.4 Å². The molecule has 0 radical (unpaired) electrons. The summed E-state index contributed by atoms with van der Waals surface area (Å²) in [4.78, 5) is 6.02. The van der Waals surface area contributed by atoms with Gasteiger partial charge in [0.2, 0.25) is 0 Å². The van der Waals surface area contributed by atoms with E-state index in [9.17, 15) is 8.42 Å². The Morgan fingerprint density at radius 1 is 0.875 bits per heavy atom. The predicted molar refractivity (Wildman–Crippen MR) is 135 cm³/mol. The van der Waals surface area contributed by atoms with E-state index in [2.05, 4.69) is 25.8 Å². The van der Waals surface area contributed by atoms with Crippen LogP contribution in [0.2, 0.25) is 0 Å². The van der Waals surface area contributed by atoms with Gasteiger partial charge in [0.1, 0.15) is 5.82 Å². The van der Waals surface area contributed by atoms with E-state index in [1.54, 1.807) is 36.0 Å². The number of hydrogen-bond donors (Lipinski definition) is 0. The van der Waals surface area contributed by atoms with Crippen LogP contribution in [0.5, 0.6) is 0 Å². The fraction of sp³-hybridized carbons (Fsp3) is 0.192. The molecular weight excluding hydrogens is 436 g/mol. The van der Waals surface area contributed by atoms with Crippen molar-refractivity contribution < 1.29 is 8.42 Å². The number of rotatable bonds is 5. The third kappa shape index (κ3) is 4.38. The van der Waals surface area contributed by atoms with Crippen molar-refractivity contribution in [1.29, 1.82) is 0 Å². The number of fused-ring (bicyclic) bond motifs is 1. The van der Waals surface area contributed by atoms with Crippen LogP contribution in [-0.2, 0) is 15.4 Å². The molecule has 0 atom stereocenters. The molecule has 6 heteroatoms. The van der Waals surface area contributed by atoms with Gasteiger partial charge in [-0.1, -0.05) is 63.2 Å². The normalized spacial score (nSPS) is 12.6. The smallest absolute Gasteiger partial charge is 0.228 e. The Kier molecular flexibility index (Phi) is 6.01. The number of hydrogen-bond acceptors (Lipinski definition) is 4. The largest absolute Gasteiger partial charge is 0.269 e. The highest BCUT2D eigenvalue weighted by atomic mass is 32.2. The highest BCUT2D eigenvalue weighted by Gasteiger charge is 2.24. The Morgan fingerprint density at radius 2 is 1.53 bits per heavy atom. The highest BCUT2D eigenvalue weighted by Crippen LogP contribution is 2.27. The minimum Gasteiger partial charge on any atom is -0.228 e. The summed E-state index contributed by atoms with van der Waals surface area (Å²) in [5.41, 5.74) is 3.21. The third-order valence-corrected chi connectivity index (χ3v) is 7.82. The fourth-order valence-corrected chi connectivity index (χ4v) is 5.36. The first kappa shape index (κ1) is 22.4. The van der Waals surface area contributed by atoms with Crippen LogP contribution in [-0.4, -0.2) is 23.6 Å². The van der Waals surface area contributed by atoms with E-state index >= 15 is 0 Å². The zero-order valence-electron chi connectivity index (χ0n) is 18.6. The molecule has 0 N–H and O–H groups in total. The summed E-state index contributed by atoms with van der Waals surface area (Å²) in [6.45, 7) is 6.32. The van der Waals surface area contributed by atoms with Gasteiger partial charge in [-0.15, -0.1) is 11.8 Å². The monoisotopic (exact) mass is 462 g/mol. The molecule has 1 aromatic heterocycles. The van der Waals surface area contributed by atoms with E-state index in [1.807, 2.05) is 66.9 Å². The molecule has 4 rings (SSSR count). The van der Waals surface area contributed by atoms with E-state index in [-0.39, 0.29) is 10.3 Å². The SMILES string of the molecule is CSc1ccc(/C=C/c2nc3ccccc3n2S(=O)(=O)c2ccc(C(C)(C)C)cc2)cc1. The van der Waals surface area contributed by atoms with Crippen LogP contribution in [0.15, 0.2) is 82.6 Å². The van der Waals surface area contributed by atoms with Gasteiger partial charge in [-0.05, 0) is 65.3 Å². The van der Waals surface area contributed by atoms with Crippen molar-refractivity contribution in [3.63, 3.8) is 0 Å². The molecule has 0 aliphatic carbocycles. The molecule has 164 valence electrons. The summed E-state index contributed by atoms with van der Waals surface area (Å²) in [7, 11) is -3.83. The number of para-hydroxylation sites is 2. The molecule has 0 saturated heterocycles. The summed E-state index contributed by atoms with van der Waals surface area (Å²) in [6, 6.07) is 22.5. The molecule has 0 bridgehead atoms. The van der Waals surface area contributed by atoms with Crippen LogP contribution in [0.4, 0.5) is 0 Å². The zero-order valence-corrected chi connectivity index (χ0v) is 20.2. The number of aromatic nitrogens is 2. The lowest BCUT2D eigenvalue weighted by atomic mass is 9.87. The number of nitrogens with zero attached hydrogens (tertiary/aromatic N) is 2. The fourth-order valence-electron chi connectivity index (χ4n) is 3.50. The maximum absolute atomic E-state index is 13.7. The first-order valence-electron chi connectivity index (χ1n) is 10.4. The van der Waals surface area contributed by atoms with Gasteiger partial charge < -0.3 is 0 Å². The molecule has 0 saturated carbocycles. The van der Waals surface area contributed by atoms with E-state index in [1.165, 1.54) is 8.87 Å². The van der Waals surface area contributed by atoms with Crippen LogP contribution >= 0.6 is 11.8 Å². The Bertz CT molecular complexity index is 1380. The summed E-state index contributed by atoms with van der Waals surface area (Å²) in [6.07, 6.45) is 5.68. The van der Waals surface area contributed by atoms with Crippen LogP contribution in [0.1, 0.15) is 37.7 Å². The van der Waals surface area contributed by atoms with E-state index in [4.69, 9.17) is 0 Å². The summed E-state index contributed by atoms with van der Waals surface area (Å²) >= 11 is 1.68. The molecular formula is C26H26N2O2S2. The number of imidazole rings is 1. The first-order valence-corrected chi connectivity index (χ1v) is 13.0. The van der Waals surface area contributed by atoms with Crippen LogP contribution in [0.3, 0.4) is 0 Å². The molecule has 0 aliphatic heterocycles. The van der Waals surface area contributed by atoms with Crippen LogP contribution in [0, 0.1) is 0 Å². The molecule has 0 amide bonds. The lowest BCUT2D eigenvalue weighted by Gasteiger charge is -2.19. The standard InChI is InChI=1S/C26H26N2O2S2/c1-26(2,3)20-12-16-22(17-13-20)32(29,30)28-24-8-6-5-7-23(24)27-25(28)18-11-19-9-14-21(31-4)15-10-19/h5-18H,1-4H3/b18-11+. The minimum absolute atomic E-state index is 0.0519. The van der Waals surface area contributed by atoms with Crippen molar-refractivity contribution in [2.45, 2.75) is 36.0 Å². The molecule has 4 nitrogen and oxygen atoms in total. The Labute approximate surface area is 194 Å². The van der Waals surface area contributed by atoms with E-state index in [0.29, 0.717) is 16.9 Å². The van der Waals surface area contributed by atoms with Crippen molar-refractivity contribution in [3.8, 4) is 0 Å². The predicted octanol–water partition coefficient (Wildman–Crippen LogP) is 6.46. The van der Waals surface area contributed by atoms with Crippen molar-refractivity contribution in [2.24, 2.45) is 0 Å². The lowest BCUT2D eigenvalue weighted by Crippen LogP contribution is -2.16. The first-order chi connectivity index (χ1) is 15.2. The molecule has 0 aliphatic rings. The molecule has 0 fully saturated rings.